The number of pyridine rings is 1. The van der Waals surface area contributed by atoms with E-state index < -0.39 is 0 Å². The van der Waals surface area contributed by atoms with Gasteiger partial charge in [-0.15, -0.1) is 0 Å². The molecule has 2 N–H and O–H groups in total. The number of methoxy groups -OCH3 is 2. The maximum absolute atomic E-state index is 6.03. The Morgan fingerprint density at radius 1 is 1.14 bits per heavy atom. The number of ether oxygens (including phenoxy) is 2. The summed E-state index contributed by atoms with van der Waals surface area (Å²) >= 11 is 0. The van der Waals surface area contributed by atoms with Gasteiger partial charge in [0.05, 0.1) is 37.5 Å². The van der Waals surface area contributed by atoms with Crippen LogP contribution in [0.5, 0.6) is 11.5 Å². The van der Waals surface area contributed by atoms with Crippen LogP contribution in [0.1, 0.15) is 5.69 Å². The molecule has 0 aliphatic heterocycles. The molecule has 0 saturated heterocycles. The number of fused-ring (bicyclic) bond motifs is 1. The molecule has 3 rings (SSSR count). The Hall–Kier alpha value is -2.76. The molecule has 0 saturated carbocycles. The second-order valence-electron chi connectivity index (χ2n) is 4.57. The monoisotopic (exact) mass is 284 g/mol. The van der Waals surface area contributed by atoms with Crippen LogP contribution in [0.4, 0.5) is 5.95 Å². The summed E-state index contributed by atoms with van der Waals surface area (Å²) in [4.78, 5) is 8.69. The summed E-state index contributed by atoms with van der Waals surface area (Å²) in [6.07, 6.45) is 1.76. The highest BCUT2D eigenvalue weighted by molar-refractivity contribution is 5.82. The summed E-state index contributed by atoms with van der Waals surface area (Å²) in [5.74, 6) is 1.71. The number of imidazole rings is 1. The number of hydrogen-bond donors (Lipinski definition) is 1. The Balaban J connectivity index is 2.12. The van der Waals surface area contributed by atoms with Gasteiger partial charge in [-0.25, -0.2) is 4.98 Å². The van der Waals surface area contributed by atoms with Crippen LogP contribution in [0.2, 0.25) is 0 Å². The molecule has 0 aliphatic carbocycles. The summed E-state index contributed by atoms with van der Waals surface area (Å²) < 4.78 is 12.5. The topological polar surface area (TPSA) is 75.2 Å². The molecule has 2 aromatic heterocycles. The predicted molar refractivity (Wildman–Crippen MR) is 80.6 cm³/mol. The molecule has 0 fully saturated rings. The molecule has 0 atom stereocenters. The Labute approximate surface area is 122 Å². The lowest BCUT2D eigenvalue weighted by Crippen LogP contribution is -2.05. The van der Waals surface area contributed by atoms with Crippen molar-refractivity contribution >= 4 is 17.0 Å². The average Bonchev–Trinajstić information content (AvgIpc) is 2.82. The Bertz CT molecular complexity index is 768. The van der Waals surface area contributed by atoms with Gasteiger partial charge in [0.2, 0.25) is 5.95 Å². The zero-order valence-corrected chi connectivity index (χ0v) is 11.9. The fourth-order valence-electron chi connectivity index (χ4n) is 2.29. The molecule has 0 bridgehead atoms. The van der Waals surface area contributed by atoms with Gasteiger partial charge >= 0.3 is 0 Å². The minimum absolute atomic E-state index is 0.436. The summed E-state index contributed by atoms with van der Waals surface area (Å²) in [7, 11) is 3.20. The summed E-state index contributed by atoms with van der Waals surface area (Å²) in [6.45, 7) is 0.554. The van der Waals surface area contributed by atoms with E-state index in [2.05, 4.69) is 9.97 Å². The van der Waals surface area contributed by atoms with E-state index in [1.54, 1.807) is 20.4 Å². The van der Waals surface area contributed by atoms with E-state index in [1.165, 1.54) is 0 Å². The molecule has 108 valence electrons. The normalized spacial score (nSPS) is 10.8. The number of nitrogens with two attached hydrogens (primary N) is 1. The van der Waals surface area contributed by atoms with Gasteiger partial charge in [-0.1, -0.05) is 6.07 Å². The quantitative estimate of drug-likeness (QED) is 0.794. The highest BCUT2D eigenvalue weighted by Crippen LogP contribution is 2.33. The van der Waals surface area contributed by atoms with Gasteiger partial charge in [0.1, 0.15) is 0 Å². The number of hydrogen-bond acceptors (Lipinski definition) is 5. The van der Waals surface area contributed by atoms with E-state index >= 15 is 0 Å². The Morgan fingerprint density at radius 2 is 1.90 bits per heavy atom. The fourth-order valence-corrected chi connectivity index (χ4v) is 2.29. The van der Waals surface area contributed by atoms with Crippen LogP contribution in [0.25, 0.3) is 11.0 Å². The van der Waals surface area contributed by atoms with Gasteiger partial charge in [0, 0.05) is 18.3 Å². The van der Waals surface area contributed by atoms with Crippen molar-refractivity contribution in [3.8, 4) is 11.5 Å². The fraction of sp³-hybridized carbons (Fsp3) is 0.200. The molecule has 0 radical (unpaired) electrons. The maximum atomic E-state index is 6.03. The summed E-state index contributed by atoms with van der Waals surface area (Å²) in [6, 6.07) is 9.47. The predicted octanol–water partition coefficient (Wildman–Crippen LogP) is 2.08. The minimum atomic E-state index is 0.436. The second kappa shape index (κ2) is 5.32. The van der Waals surface area contributed by atoms with Crippen LogP contribution in [-0.4, -0.2) is 28.8 Å². The molecule has 0 aliphatic rings. The van der Waals surface area contributed by atoms with Gasteiger partial charge in [0.15, 0.2) is 11.5 Å². The lowest BCUT2D eigenvalue weighted by atomic mass is 10.2. The number of anilines is 1. The molecule has 0 spiro atoms. The van der Waals surface area contributed by atoms with Crippen LogP contribution >= 0.6 is 0 Å². The molecule has 3 aromatic rings. The highest BCUT2D eigenvalue weighted by atomic mass is 16.5. The second-order valence-corrected chi connectivity index (χ2v) is 4.57. The van der Waals surface area contributed by atoms with Crippen LogP contribution < -0.4 is 15.2 Å². The van der Waals surface area contributed by atoms with Crippen LogP contribution in [0.3, 0.4) is 0 Å². The molecule has 0 unspecified atom stereocenters. The first-order valence-corrected chi connectivity index (χ1v) is 6.50. The lowest BCUT2D eigenvalue weighted by Gasteiger charge is -2.09. The zero-order valence-electron chi connectivity index (χ0n) is 11.9. The van der Waals surface area contributed by atoms with E-state index in [9.17, 15) is 0 Å². The number of rotatable bonds is 4. The van der Waals surface area contributed by atoms with Gasteiger partial charge in [0.25, 0.3) is 0 Å². The van der Waals surface area contributed by atoms with Crippen molar-refractivity contribution < 1.29 is 9.47 Å². The number of benzene rings is 1. The first-order valence-electron chi connectivity index (χ1n) is 6.50. The third-order valence-corrected chi connectivity index (χ3v) is 3.33. The molecule has 21 heavy (non-hydrogen) atoms. The van der Waals surface area contributed by atoms with E-state index in [0.29, 0.717) is 24.0 Å². The van der Waals surface area contributed by atoms with Crippen molar-refractivity contribution in [1.82, 2.24) is 14.5 Å². The van der Waals surface area contributed by atoms with E-state index in [1.807, 2.05) is 34.9 Å². The molecule has 6 heteroatoms. The summed E-state index contributed by atoms with van der Waals surface area (Å²) in [5.41, 5.74) is 8.59. The Kier molecular flexibility index (Phi) is 3.35. The molecule has 0 amide bonds. The molecule has 1 aromatic carbocycles. The SMILES string of the molecule is COc1cc2nc(N)n(Cc3ccccn3)c2cc1OC. The van der Waals surface area contributed by atoms with Crippen molar-refractivity contribution in [1.29, 1.82) is 0 Å². The summed E-state index contributed by atoms with van der Waals surface area (Å²) in [5, 5.41) is 0. The van der Waals surface area contributed by atoms with Gasteiger partial charge < -0.3 is 19.8 Å². The minimum Gasteiger partial charge on any atom is -0.493 e. The average molecular weight is 284 g/mol. The molecular formula is C15H16N4O2. The Morgan fingerprint density at radius 3 is 2.57 bits per heavy atom. The number of nitrogen functional groups attached to an aromatic ring is 1. The molecule has 6 nitrogen and oxygen atoms in total. The van der Waals surface area contributed by atoms with Gasteiger partial charge in [-0.05, 0) is 12.1 Å². The van der Waals surface area contributed by atoms with Crippen molar-refractivity contribution in [2.45, 2.75) is 6.54 Å². The van der Waals surface area contributed by atoms with Gasteiger partial charge in [-0.3, -0.25) is 4.98 Å². The van der Waals surface area contributed by atoms with E-state index in [0.717, 1.165) is 16.7 Å². The highest BCUT2D eigenvalue weighted by Gasteiger charge is 2.14. The van der Waals surface area contributed by atoms with E-state index in [-0.39, 0.29) is 0 Å². The largest absolute Gasteiger partial charge is 0.493 e. The van der Waals surface area contributed by atoms with Crippen molar-refractivity contribution in [2.24, 2.45) is 0 Å². The van der Waals surface area contributed by atoms with Crippen LogP contribution in [-0.2, 0) is 6.54 Å². The lowest BCUT2D eigenvalue weighted by molar-refractivity contribution is 0.355. The van der Waals surface area contributed by atoms with E-state index in [4.69, 9.17) is 15.2 Å². The van der Waals surface area contributed by atoms with Crippen LogP contribution in [0, 0.1) is 0 Å². The third-order valence-electron chi connectivity index (χ3n) is 3.33. The first-order chi connectivity index (χ1) is 10.2. The number of nitrogens with zero attached hydrogens (tertiary/aromatic N) is 3. The molecular weight excluding hydrogens is 268 g/mol. The molecule has 2 heterocycles. The van der Waals surface area contributed by atoms with Crippen molar-refractivity contribution in [3.05, 3.63) is 42.2 Å². The van der Waals surface area contributed by atoms with Crippen LogP contribution in [0.15, 0.2) is 36.5 Å². The van der Waals surface area contributed by atoms with Gasteiger partial charge in [-0.2, -0.15) is 0 Å². The first kappa shape index (κ1) is 13.2. The zero-order chi connectivity index (χ0) is 14.8. The van der Waals surface area contributed by atoms with Crippen molar-refractivity contribution in [3.63, 3.8) is 0 Å². The standard InChI is InChI=1S/C15H16N4O2/c1-20-13-7-11-12(8-14(13)21-2)19(15(16)18-11)9-10-5-3-4-6-17-10/h3-8H,9H2,1-2H3,(H2,16,18). The third kappa shape index (κ3) is 2.35. The smallest absolute Gasteiger partial charge is 0.201 e. The van der Waals surface area contributed by atoms with Crippen molar-refractivity contribution in [2.75, 3.05) is 20.0 Å². The maximum Gasteiger partial charge on any atom is 0.201 e. The number of aromatic nitrogens is 3.